The van der Waals surface area contributed by atoms with Gasteiger partial charge < -0.3 is 14.8 Å². The number of aromatic carboxylic acids is 1. The Kier molecular flexibility index (Phi) is 6.78. The van der Waals surface area contributed by atoms with Gasteiger partial charge in [-0.25, -0.2) is 9.79 Å². The number of para-hydroxylation sites is 1. The van der Waals surface area contributed by atoms with Gasteiger partial charge in [0, 0.05) is 17.3 Å². The Morgan fingerprint density at radius 2 is 1.63 bits per heavy atom. The molecule has 3 heterocycles. The van der Waals surface area contributed by atoms with E-state index in [1.165, 1.54) is 23.5 Å². The zero-order valence-electron chi connectivity index (χ0n) is 21.8. The number of aromatic nitrogens is 1. The maximum Gasteiger partial charge on any atom is 0.335 e. The predicted molar refractivity (Wildman–Crippen MR) is 156 cm³/mol. The fraction of sp³-hybridized carbons (Fsp3) is 0.0625. The first-order chi connectivity index (χ1) is 19.9. The van der Waals surface area contributed by atoms with Gasteiger partial charge in [0.25, 0.3) is 11.5 Å². The number of benzene rings is 3. The van der Waals surface area contributed by atoms with Crippen LogP contribution in [-0.4, -0.2) is 21.6 Å². The van der Waals surface area contributed by atoms with E-state index < -0.39 is 12.0 Å². The summed E-state index contributed by atoms with van der Waals surface area (Å²) in [5.74, 6) is -0.331. The van der Waals surface area contributed by atoms with Gasteiger partial charge in [-0.3, -0.25) is 14.2 Å². The number of nitrogens with zero attached hydrogens (tertiary/aromatic N) is 2. The number of nitrogens with one attached hydrogen (secondary N) is 1. The Bertz CT molecular complexity index is 1990. The summed E-state index contributed by atoms with van der Waals surface area (Å²) >= 11 is 1.22. The lowest BCUT2D eigenvalue weighted by Crippen LogP contribution is -2.40. The van der Waals surface area contributed by atoms with E-state index in [1.807, 2.05) is 48.5 Å². The van der Waals surface area contributed by atoms with Crippen molar-refractivity contribution in [3.05, 3.63) is 145 Å². The highest BCUT2D eigenvalue weighted by Crippen LogP contribution is 2.30. The third-order valence-corrected chi connectivity index (χ3v) is 7.71. The fourth-order valence-electron chi connectivity index (χ4n) is 4.77. The third kappa shape index (κ3) is 5.06. The molecule has 2 N–H and O–H groups in total. The summed E-state index contributed by atoms with van der Waals surface area (Å²) in [6.07, 6.45) is 1.66. The second-order valence-electron chi connectivity index (χ2n) is 9.40. The second-order valence-corrected chi connectivity index (χ2v) is 10.4. The summed E-state index contributed by atoms with van der Waals surface area (Å²) in [4.78, 5) is 43.7. The largest absolute Gasteiger partial charge is 0.478 e. The number of furan rings is 1. The summed E-state index contributed by atoms with van der Waals surface area (Å²) < 4.78 is 7.94. The van der Waals surface area contributed by atoms with Gasteiger partial charge in [-0.05, 0) is 48.9 Å². The molecule has 5 aromatic rings. The Morgan fingerprint density at radius 1 is 0.951 bits per heavy atom. The maximum atomic E-state index is 13.8. The zero-order chi connectivity index (χ0) is 28.5. The minimum Gasteiger partial charge on any atom is -0.478 e. The molecule has 6 rings (SSSR count). The van der Waals surface area contributed by atoms with Crippen LogP contribution in [0.15, 0.2) is 123 Å². The summed E-state index contributed by atoms with van der Waals surface area (Å²) in [6.45, 7) is 1.78. The van der Waals surface area contributed by atoms with Gasteiger partial charge in [0.15, 0.2) is 4.80 Å². The summed E-state index contributed by atoms with van der Waals surface area (Å²) in [7, 11) is 0. The number of anilines is 1. The molecule has 9 heteroatoms. The van der Waals surface area contributed by atoms with Crippen molar-refractivity contribution >= 4 is 35.0 Å². The van der Waals surface area contributed by atoms with Crippen LogP contribution < -0.4 is 20.2 Å². The number of carbonyl (C=O) groups excluding carboxylic acids is 1. The lowest BCUT2D eigenvalue weighted by atomic mass is 9.95. The highest BCUT2D eigenvalue weighted by molar-refractivity contribution is 7.07. The first-order valence-corrected chi connectivity index (χ1v) is 13.6. The van der Waals surface area contributed by atoms with Crippen molar-refractivity contribution in [2.75, 3.05) is 5.32 Å². The van der Waals surface area contributed by atoms with Gasteiger partial charge in [0.2, 0.25) is 0 Å². The molecule has 1 amide bonds. The highest BCUT2D eigenvalue weighted by Gasteiger charge is 2.32. The number of amides is 1. The molecular formula is C32H23N3O5S. The first kappa shape index (κ1) is 26.0. The lowest BCUT2D eigenvalue weighted by Gasteiger charge is -2.25. The second kappa shape index (κ2) is 10.7. The van der Waals surface area contributed by atoms with Gasteiger partial charge in [0.1, 0.15) is 11.5 Å². The van der Waals surface area contributed by atoms with Crippen LogP contribution in [0.5, 0.6) is 0 Å². The van der Waals surface area contributed by atoms with Gasteiger partial charge in [0.05, 0.1) is 27.4 Å². The van der Waals surface area contributed by atoms with Gasteiger partial charge in [-0.1, -0.05) is 72.0 Å². The van der Waals surface area contributed by atoms with Crippen LogP contribution in [0, 0.1) is 0 Å². The molecule has 1 atom stereocenters. The minimum absolute atomic E-state index is 0.182. The van der Waals surface area contributed by atoms with Crippen molar-refractivity contribution in [1.82, 2.24) is 4.57 Å². The number of allylic oxidation sites excluding steroid dienone is 1. The van der Waals surface area contributed by atoms with Crippen LogP contribution in [-0.2, 0) is 4.79 Å². The SMILES string of the molecule is CC1=C(C(=O)Nc2ccccc2)[C@@H](c2ccccc2)n2c(sc(=Cc3ccc(-c4ccc(C(=O)O)cc4)o3)c2=O)=N1. The molecule has 0 bridgehead atoms. The quantitative estimate of drug-likeness (QED) is 0.308. The molecule has 2 aromatic heterocycles. The van der Waals surface area contributed by atoms with E-state index in [0.717, 1.165) is 5.56 Å². The molecule has 0 saturated heterocycles. The van der Waals surface area contributed by atoms with Crippen LogP contribution in [0.4, 0.5) is 5.69 Å². The number of carboxylic acids is 1. The van der Waals surface area contributed by atoms with Crippen molar-refractivity contribution in [2.45, 2.75) is 13.0 Å². The Hall–Kier alpha value is -5.28. The summed E-state index contributed by atoms with van der Waals surface area (Å²) in [5.41, 5.74) is 2.97. The van der Waals surface area contributed by atoms with Crippen LogP contribution in [0.3, 0.4) is 0 Å². The molecule has 1 aliphatic rings. The lowest BCUT2D eigenvalue weighted by molar-refractivity contribution is -0.113. The minimum atomic E-state index is -1.00. The average molecular weight is 562 g/mol. The normalized spacial score (nSPS) is 14.9. The smallest absolute Gasteiger partial charge is 0.335 e. The molecule has 41 heavy (non-hydrogen) atoms. The van der Waals surface area contributed by atoms with Crippen molar-refractivity contribution in [3.63, 3.8) is 0 Å². The Labute approximate surface area is 237 Å². The molecule has 1 aliphatic heterocycles. The summed E-state index contributed by atoms with van der Waals surface area (Å²) in [6, 6.07) is 27.8. The monoisotopic (exact) mass is 561 g/mol. The summed E-state index contributed by atoms with van der Waals surface area (Å²) in [5, 5.41) is 12.1. The van der Waals surface area contributed by atoms with Gasteiger partial charge >= 0.3 is 5.97 Å². The standard InChI is InChI=1S/C32H23N3O5S/c1-19-27(29(36)34-23-10-6-3-7-11-23)28(21-8-4-2-5-9-21)35-30(37)26(41-32(35)33-19)18-24-16-17-25(40-24)20-12-14-22(15-13-20)31(38)39/h2-18,28H,1H3,(H,34,36)(H,38,39)/t28-/m1/s1. The highest BCUT2D eigenvalue weighted by atomic mass is 32.1. The number of fused-ring (bicyclic) bond motifs is 1. The number of hydrogen-bond donors (Lipinski definition) is 2. The van der Waals surface area contributed by atoms with E-state index in [2.05, 4.69) is 10.3 Å². The molecule has 0 aliphatic carbocycles. The van der Waals surface area contributed by atoms with E-state index in [4.69, 9.17) is 9.52 Å². The molecule has 202 valence electrons. The molecule has 0 saturated carbocycles. The maximum absolute atomic E-state index is 13.8. The van der Waals surface area contributed by atoms with Crippen molar-refractivity contribution in [3.8, 4) is 11.3 Å². The Balaban J connectivity index is 1.41. The number of hydrogen-bond acceptors (Lipinski definition) is 6. The molecule has 0 unspecified atom stereocenters. The molecule has 0 spiro atoms. The molecular weight excluding hydrogens is 538 g/mol. The van der Waals surface area contributed by atoms with Gasteiger partial charge in [-0.15, -0.1) is 0 Å². The van der Waals surface area contributed by atoms with Crippen LogP contribution >= 0.6 is 11.3 Å². The van der Waals surface area contributed by atoms with Gasteiger partial charge in [-0.2, -0.15) is 0 Å². The number of rotatable bonds is 6. The number of carboxylic acid groups (broad SMARTS) is 1. The number of carbonyl (C=O) groups is 2. The van der Waals surface area contributed by atoms with Crippen LogP contribution in [0.1, 0.15) is 34.6 Å². The molecule has 3 aromatic carbocycles. The van der Waals surface area contributed by atoms with Crippen LogP contribution in [0.2, 0.25) is 0 Å². The van der Waals surface area contributed by atoms with Crippen LogP contribution in [0.25, 0.3) is 17.4 Å². The first-order valence-electron chi connectivity index (χ1n) is 12.8. The third-order valence-electron chi connectivity index (χ3n) is 6.73. The zero-order valence-corrected chi connectivity index (χ0v) is 22.6. The topological polar surface area (TPSA) is 114 Å². The van der Waals surface area contributed by atoms with E-state index in [0.29, 0.717) is 43.4 Å². The van der Waals surface area contributed by atoms with Crippen molar-refractivity contribution in [2.24, 2.45) is 4.99 Å². The van der Waals surface area contributed by atoms with E-state index >= 15 is 0 Å². The fourth-order valence-corrected chi connectivity index (χ4v) is 5.80. The van der Waals surface area contributed by atoms with Crippen molar-refractivity contribution < 1.29 is 19.1 Å². The average Bonchev–Trinajstić information content (AvgIpc) is 3.57. The van der Waals surface area contributed by atoms with E-state index in [-0.39, 0.29) is 17.0 Å². The number of thiazole rings is 1. The van der Waals surface area contributed by atoms with E-state index in [1.54, 1.807) is 54.0 Å². The Morgan fingerprint density at radius 3 is 2.32 bits per heavy atom. The molecule has 0 radical (unpaired) electrons. The van der Waals surface area contributed by atoms with E-state index in [9.17, 15) is 14.4 Å². The molecule has 0 fully saturated rings. The predicted octanol–water partition coefficient (Wildman–Crippen LogP) is 4.83. The van der Waals surface area contributed by atoms with Crippen molar-refractivity contribution in [1.29, 1.82) is 0 Å². The molecule has 8 nitrogen and oxygen atoms in total.